The molecule has 0 aromatic carbocycles. The molecule has 0 spiro atoms. The zero-order valence-corrected chi connectivity index (χ0v) is 17.4. The van der Waals surface area contributed by atoms with E-state index in [0.29, 0.717) is 0 Å². The van der Waals surface area contributed by atoms with E-state index in [1.165, 1.54) is 0 Å². The maximum atomic E-state index is 3.67. The van der Waals surface area contributed by atoms with Gasteiger partial charge in [0.1, 0.15) is 0 Å². The second kappa shape index (κ2) is 23.8. The SMILES string of the molecule is [Ni+2].c1c[nH]cn1.c1c[nH]cn1.c1c[nH]cn1.c1c[nH]cn1.c1c[nH]cn1.c1c[nH]cn1. The van der Waals surface area contributed by atoms with Gasteiger partial charge in [-0.25, -0.2) is 29.9 Å². The number of aromatic amines is 6. The topological polar surface area (TPSA) is 172 Å². The second-order valence-electron chi connectivity index (χ2n) is 4.56. The number of H-pyrrole nitrogens is 6. The molecule has 164 valence electrons. The van der Waals surface area contributed by atoms with E-state index in [9.17, 15) is 0 Å². The van der Waals surface area contributed by atoms with Gasteiger partial charge in [0.15, 0.2) is 0 Å². The summed E-state index contributed by atoms with van der Waals surface area (Å²) in [6, 6.07) is 0. The van der Waals surface area contributed by atoms with E-state index in [-0.39, 0.29) is 16.5 Å². The van der Waals surface area contributed by atoms with E-state index in [4.69, 9.17) is 0 Å². The first-order valence-electron chi connectivity index (χ1n) is 8.56. The van der Waals surface area contributed by atoms with Crippen LogP contribution in [0.4, 0.5) is 0 Å². The average molecular weight is 467 g/mol. The van der Waals surface area contributed by atoms with Gasteiger partial charge >= 0.3 is 16.5 Å². The normalized spacial score (nSPS) is 7.74. The number of nitrogens with one attached hydrogen (secondary N) is 6. The molecule has 12 nitrogen and oxygen atoms in total. The Kier molecular flexibility index (Phi) is 20.5. The van der Waals surface area contributed by atoms with Crippen LogP contribution < -0.4 is 0 Å². The predicted octanol–water partition coefficient (Wildman–Crippen LogP) is 2.46. The van der Waals surface area contributed by atoms with Crippen molar-refractivity contribution in [3.05, 3.63) is 112 Å². The van der Waals surface area contributed by atoms with E-state index >= 15 is 0 Å². The molecule has 0 saturated carbocycles. The molecule has 0 radical (unpaired) electrons. The van der Waals surface area contributed by atoms with Crippen molar-refractivity contribution in [2.24, 2.45) is 0 Å². The Bertz CT molecular complexity index is 578. The summed E-state index contributed by atoms with van der Waals surface area (Å²) < 4.78 is 0. The van der Waals surface area contributed by atoms with Gasteiger partial charge in [0.05, 0.1) is 38.0 Å². The zero-order chi connectivity index (χ0) is 21.2. The van der Waals surface area contributed by atoms with Crippen molar-refractivity contribution < 1.29 is 16.5 Å². The van der Waals surface area contributed by atoms with E-state index in [1.807, 2.05) is 0 Å². The molecule has 0 atom stereocenters. The number of imidazole rings is 6. The molecule has 0 aliphatic rings. The molecule has 0 fully saturated rings. The maximum absolute atomic E-state index is 3.67. The molecular formula is C18H24N12Ni+2. The Morgan fingerprint density at radius 1 is 0.290 bits per heavy atom. The van der Waals surface area contributed by atoms with Crippen LogP contribution in [0.1, 0.15) is 0 Å². The molecule has 6 heterocycles. The molecule has 31 heavy (non-hydrogen) atoms. The van der Waals surface area contributed by atoms with Gasteiger partial charge in [0.25, 0.3) is 0 Å². The van der Waals surface area contributed by atoms with Crippen LogP contribution in [0.25, 0.3) is 0 Å². The summed E-state index contributed by atoms with van der Waals surface area (Å²) in [5.74, 6) is 0. The first kappa shape index (κ1) is 26.8. The Morgan fingerprint density at radius 2 is 0.452 bits per heavy atom. The molecule has 0 amide bonds. The molecule has 13 heteroatoms. The molecule has 0 saturated heterocycles. The molecule has 6 N–H and O–H groups in total. The minimum absolute atomic E-state index is 0. The third-order valence-corrected chi connectivity index (χ3v) is 2.44. The fourth-order valence-electron chi connectivity index (χ4n) is 1.29. The third-order valence-electron chi connectivity index (χ3n) is 2.44. The van der Waals surface area contributed by atoms with E-state index in [1.54, 1.807) is 112 Å². The summed E-state index contributed by atoms with van der Waals surface area (Å²) in [4.78, 5) is 38.5. The molecule has 6 rings (SSSR count). The van der Waals surface area contributed by atoms with Crippen molar-refractivity contribution in [3.63, 3.8) is 0 Å². The van der Waals surface area contributed by atoms with Gasteiger partial charge in [0.2, 0.25) is 0 Å². The van der Waals surface area contributed by atoms with Gasteiger partial charge in [-0.05, 0) is 0 Å². The smallest absolute Gasteiger partial charge is 0.351 e. The Hall–Kier alpha value is -4.25. The third kappa shape index (κ3) is 21.9. The number of rotatable bonds is 0. The minimum Gasteiger partial charge on any atom is -0.351 e. The van der Waals surface area contributed by atoms with Crippen LogP contribution in [0, 0.1) is 0 Å². The van der Waals surface area contributed by atoms with Gasteiger partial charge in [0, 0.05) is 74.4 Å². The first-order chi connectivity index (χ1) is 15.0. The molecule has 0 unspecified atom stereocenters. The van der Waals surface area contributed by atoms with Crippen LogP contribution in [-0.4, -0.2) is 59.8 Å². The second-order valence-corrected chi connectivity index (χ2v) is 4.56. The van der Waals surface area contributed by atoms with Gasteiger partial charge in [-0.15, -0.1) is 0 Å². The average Bonchev–Trinajstić information content (AvgIpc) is 3.69. The van der Waals surface area contributed by atoms with Crippen LogP contribution in [0.2, 0.25) is 0 Å². The Morgan fingerprint density at radius 3 is 0.484 bits per heavy atom. The molecular weight excluding hydrogens is 443 g/mol. The molecule has 0 bridgehead atoms. The number of hydrogen-bond acceptors (Lipinski definition) is 6. The molecule has 6 aromatic heterocycles. The summed E-state index contributed by atoms with van der Waals surface area (Å²) in [5.41, 5.74) is 0. The van der Waals surface area contributed by atoms with Gasteiger partial charge in [-0.1, -0.05) is 0 Å². The quantitative estimate of drug-likeness (QED) is 0.187. The number of hydrogen-bond donors (Lipinski definition) is 6. The fourth-order valence-corrected chi connectivity index (χ4v) is 1.29. The summed E-state index contributed by atoms with van der Waals surface area (Å²) in [6.07, 6.45) is 30.5. The first-order valence-corrected chi connectivity index (χ1v) is 8.56. The van der Waals surface area contributed by atoms with E-state index in [2.05, 4.69) is 59.8 Å². The Balaban J connectivity index is 0.000000346. The van der Waals surface area contributed by atoms with E-state index < -0.39 is 0 Å². The van der Waals surface area contributed by atoms with Gasteiger partial charge in [-0.2, -0.15) is 0 Å². The van der Waals surface area contributed by atoms with Crippen molar-refractivity contribution in [2.75, 3.05) is 0 Å². The summed E-state index contributed by atoms with van der Waals surface area (Å²) in [7, 11) is 0. The predicted molar refractivity (Wildman–Crippen MR) is 112 cm³/mol. The number of nitrogens with zero attached hydrogens (tertiary/aromatic N) is 6. The van der Waals surface area contributed by atoms with Crippen LogP contribution in [0.3, 0.4) is 0 Å². The van der Waals surface area contributed by atoms with E-state index in [0.717, 1.165) is 0 Å². The number of aromatic nitrogens is 12. The van der Waals surface area contributed by atoms with Crippen molar-refractivity contribution in [1.82, 2.24) is 59.8 Å². The van der Waals surface area contributed by atoms with Crippen LogP contribution in [0.5, 0.6) is 0 Å². The standard InChI is InChI=1S/6C3H4N2.Ni/c6*1-2-5-3-4-1;/h6*1-3H,(H,4,5);/q;;;;;;+2. The summed E-state index contributed by atoms with van der Waals surface area (Å²) in [6.45, 7) is 0. The monoisotopic (exact) mass is 466 g/mol. The minimum atomic E-state index is 0. The molecule has 0 aliphatic heterocycles. The van der Waals surface area contributed by atoms with Crippen LogP contribution in [0.15, 0.2) is 112 Å². The van der Waals surface area contributed by atoms with Crippen LogP contribution in [-0.2, 0) is 16.5 Å². The molecule has 6 aromatic rings. The van der Waals surface area contributed by atoms with Crippen molar-refractivity contribution >= 4 is 0 Å². The largest absolute Gasteiger partial charge is 2.00 e. The molecule has 0 aliphatic carbocycles. The Labute approximate surface area is 188 Å². The zero-order valence-electron chi connectivity index (χ0n) is 16.4. The van der Waals surface area contributed by atoms with Crippen molar-refractivity contribution in [1.29, 1.82) is 0 Å². The van der Waals surface area contributed by atoms with Gasteiger partial charge in [-0.3, -0.25) is 0 Å². The maximum Gasteiger partial charge on any atom is 2.00 e. The van der Waals surface area contributed by atoms with Crippen LogP contribution >= 0.6 is 0 Å². The van der Waals surface area contributed by atoms with Crippen molar-refractivity contribution in [2.45, 2.75) is 0 Å². The summed E-state index contributed by atoms with van der Waals surface area (Å²) in [5, 5.41) is 0. The summed E-state index contributed by atoms with van der Waals surface area (Å²) >= 11 is 0. The fraction of sp³-hybridized carbons (Fsp3) is 0. The van der Waals surface area contributed by atoms with Crippen molar-refractivity contribution in [3.8, 4) is 0 Å². The van der Waals surface area contributed by atoms with Gasteiger partial charge < -0.3 is 29.9 Å².